The van der Waals surface area contributed by atoms with E-state index in [-0.39, 0.29) is 26.7 Å². The number of nitrogens with one attached hydrogen (secondary N) is 1. The molecule has 1 aliphatic rings. The third kappa shape index (κ3) is 5.19. The van der Waals surface area contributed by atoms with Gasteiger partial charge in [-0.2, -0.15) is 0 Å². The van der Waals surface area contributed by atoms with Gasteiger partial charge in [0.1, 0.15) is 17.9 Å². The first kappa shape index (κ1) is 26.3. The number of nitrogens with zero attached hydrogens (tertiary/aromatic N) is 1. The minimum atomic E-state index is -4.12. The number of fused-ring (bicyclic) bond motifs is 1. The second-order valence-electron chi connectivity index (χ2n) is 8.75. The van der Waals surface area contributed by atoms with E-state index >= 15 is 0 Å². The Morgan fingerprint density at radius 1 is 1.00 bits per heavy atom. The van der Waals surface area contributed by atoms with Gasteiger partial charge in [-0.15, -0.1) is 0 Å². The number of hydrogen-bond donors (Lipinski definition) is 1. The van der Waals surface area contributed by atoms with Crippen LogP contribution in [-0.4, -0.2) is 26.5 Å². The van der Waals surface area contributed by atoms with E-state index in [0.717, 1.165) is 28.5 Å². The number of ether oxygens (including phenoxy) is 1. The summed E-state index contributed by atoms with van der Waals surface area (Å²) in [6.45, 7) is 3.65. The summed E-state index contributed by atoms with van der Waals surface area (Å²) in [4.78, 5) is 13.5. The Kier molecular flexibility index (Phi) is 7.83. The summed E-state index contributed by atoms with van der Waals surface area (Å²) in [5.74, 6) is 0.262. The number of halogens is 2. The summed E-state index contributed by atoms with van der Waals surface area (Å²) in [6, 6.07) is 19.9. The molecule has 1 aliphatic heterocycles. The zero-order chi connectivity index (χ0) is 25.9. The summed E-state index contributed by atoms with van der Waals surface area (Å²) in [5, 5.41) is 3.30. The van der Waals surface area contributed by atoms with Crippen LogP contribution in [0.25, 0.3) is 0 Å². The van der Waals surface area contributed by atoms with Gasteiger partial charge in [-0.3, -0.25) is 9.10 Å². The van der Waals surface area contributed by atoms with Gasteiger partial charge in [-0.1, -0.05) is 79.5 Å². The number of hydrogen-bond acceptors (Lipinski definition) is 4. The normalized spacial score (nSPS) is 16.5. The van der Waals surface area contributed by atoms with E-state index in [2.05, 4.69) is 19.2 Å². The van der Waals surface area contributed by atoms with Gasteiger partial charge in [0.2, 0.25) is 5.91 Å². The molecule has 3 aromatic rings. The Morgan fingerprint density at radius 3 is 2.36 bits per heavy atom. The average molecular weight is 548 g/mol. The van der Waals surface area contributed by atoms with Crippen LogP contribution in [0.2, 0.25) is 10.0 Å². The van der Waals surface area contributed by atoms with E-state index in [1.165, 1.54) is 18.2 Å². The molecule has 0 unspecified atom stereocenters. The lowest BCUT2D eigenvalue weighted by atomic mass is 9.83. The highest BCUT2D eigenvalue weighted by atomic mass is 35.5. The maximum atomic E-state index is 13.6. The first-order valence-electron chi connectivity index (χ1n) is 11.8. The fraction of sp³-hybridized carbons (Fsp3) is 0.296. The average Bonchev–Trinajstić information content (AvgIpc) is 2.89. The number of benzene rings is 3. The summed E-state index contributed by atoms with van der Waals surface area (Å²) in [6.07, 6.45) is 2.12. The molecule has 0 radical (unpaired) electrons. The molecule has 0 aliphatic carbocycles. The zero-order valence-corrected chi connectivity index (χ0v) is 22.4. The number of carbonyl (C=O) groups is 1. The number of para-hydroxylation sites is 1. The van der Waals surface area contributed by atoms with Crippen molar-refractivity contribution in [2.45, 2.75) is 49.6 Å². The van der Waals surface area contributed by atoms with Crippen molar-refractivity contribution in [1.29, 1.82) is 0 Å². The monoisotopic (exact) mass is 546 g/mol. The van der Waals surface area contributed by atoms with E-state index in [1.54, 1.807) is 30.3 Å². The van der Waals surface area contributed by atoms with E-state index in [9.17, 15) is 13.2 Å². The maximum absolute atomic E-state index is 13.6. The van der Waals surface area contributed by atoms with Crippen molar-refractivity contribution in [3.8, 4) is 5.75 Å². The highest BCUT2D eigenvalue weighted by molar-refractivity contribution is 7.92. The Hall–Kier alpha value is -2.74. The van der Waals surface area contributed by atoms with Crippen molar-refractivity contribution in [2.75, 3.05) is 10.8 Å². The third-order valence-electron chi connectivity index (χ3n) is 6.64. The lowest BCUT2D eigenvalue weighted by Crippen LogP contribution is -2.47. The van der Waals surface area contributed by atoms with E-state index in [0.29, 0.717) is 6.42 Å². The molecule has 0 bridgehead atoms. The molecule has 0 saturated heterocycles. The lowest BCUT2D eigenvalue weighted by molar-refractivity contribution is -0.121. The van der Waals surface area contributed by atoms with Crippen LogP contribution in [0.15, 0.2) is 77.7 Å². The van der Waals surface area contributed by atoms with Gasteiger partial charge in [-0.25, -0.2) is 8.42 Å². The van der Waals surface area contributed by atoms with Crippen LogP contribution in [0.1, 0.15) is 44.7 Å². The van der Waals surface area contributed by atoms with E-state index < -0.39 is 28.1 Å². The van der Waals surface area contributed by atoms with Gasteiger partial charge in [0.25, 0.3) is 10.0 Å². The number of anilines is 1. The Labute approximate surface area is 222 Å². The van der Waals surface area contributed by atoms with Crippen LogP contribution in [0.5, 0.6) is 5.75 Å². The lowest BCUT2D eigenvalue weighted by Gasteiger charge is -2.41. The first-order valence-corrected chi connectivity index (χ1v) is 14.0. The molecule has 190 valence electrons. The van der Waals surface area contributed by atoms with Crippen molar-refractivity contribution in [3.05, 3.63) is 88.4 Å². The first-order chi connectivity index (χ1) is 17.2. The maximum Gasteiger partial charge on any atom is 0.264 e. The molecule has 0 saturated carbocycles. The third-order valence-corrected chi connectivity index (χ3v) is 9.22. The van der Waals surface area contributed by atoms with Gasteiger partial charge in [0.05, 0.1) is 26.7 Å². The molecule has 0 fully saturated rings. The van der Waals surface area contributed by atoms with Crippen LogP contribution < -0.4 is 14.4 Å². The van der Waals surface area contributed by atoms with Crippen molar-refractivity contribution in [1.82, 2.24) is 5.32 Å². The van der Waals surface area contributed by atoms with Gasteiger partial charge in [0.15, 0.2) is 0 Å². The molecule has 3 aromatic carbocycles. The quantitative estimate of drug-likeness (QED) is 0.355. The second kappa shape index (κ2) is 10.7. The highest BCUT2D eigenvalue weighted by Gasteiger charge is 2.39. The molecule has 1 amide bonds. The number of rotatable bonds is 8. The van der Waals surface area contributed by atoms with Gasteiger partial charge < -0.3 is 10.1 Å². The van der Waals surface area contributed by atoms with Crippen molar-refractivity contribution in [3.63, 3.8) is 0 Å². The van der Waals surface area contributed by atoms with Crippen molar-refractivity contribution < 1.29 is 17.9 Å². The highest BCUT2D eigenvalue weighted by Crippen LogP contribution is 2.43. The molecular formula is C27H28Cl2N2O4S. The summed E-state index contributed by atoms with van der Waals surface area (Å²) in [7, 11) is -4.12. The number of amides is 1. The molecule has 9 heteroatoms. The molecule has 4 rings (SSSR count). The summed E-state index contributed by atoms with van der Waals surface area (Å²) >= 11 is 12.6. The van der Waals surface area contributed by atoms with Crippen LogP contribution in [0.4, 0.5) is 5.69 Å². The SMILES string of the molecule is CCC1(CC)C[C@@H](NC(=O)CN(c2cccc(Cl)c2Cl)S(=O)(=O)c2ccccc2)c2ccccc2O1. The molecule has 1 heterocycles. The van der Waals surface area contributed by atoms with Crippen LogP contribution in [-0.2, 0) is 14.8 Å². The molecular weight excluding hydrogens is 519 g/mol. The van der Waals surface area contributed by atoms with Crippen molar-refractivity contribution in [2.24, 2.45) is 0 Å². The Morgan fingerprint density at radius 2 is 1.67 bits per heavy atom. The van der Waals surface area contributed by atoms with E-state index in [4.69, 9.17) is 27.9 Å². The number of sulfonamides is 1. The minimum absolute atomic E-state index is 0.0428. The summed E-state index contributed by atoms with van der Waals surface area (Å²) in [5.41, 5.74) is 0.576. The molecule has 1 atom stereocenters. The van der Waals surface area contributed by atoms with Crippen LogP contribution in [0.3, 0.4) is 0 Å². The van der Waals surface area contributed by atoms with E-state index in [1.807, 2.05) is 24.3 Å². The van der Waals surface area contributed by atoms with Gasteiger partial charge in [-0.05, 0) is 43.2 Å². The Bertz CT molecular complexity index is 1340. The molecule has 6 nitrogen and oxygen atoms in total. The molecule has 0 aromatic heterocycles. The largest absolute Gasteiger partial charge is 0.487 e. The molecule has 0 spiro atoms. The Balaban J connectivity index is 1.68. The predicted molar refractivity (Wildman–Crippen MR) is 143 cm³/mol. The second-order valence-corrected chi connectivity index (χ2v) is 11.4. The van der Waals surface area contributed by atoms with Gasteiger partial charge >= 0.3 is 0 Å². The summed E-state index contributed by atoms with van der Waals surface area (Å²) < 4.78 is 34.6. The minimum Gasteiger partial charge on any atom is -0.487 e. The van der Waals surface area contributed by atoms with Crippen LogP contribution >= 0.6 is 23.2 Å². The smallest absolute Gasteiger partial charge is 0.264 e. The fourth-order valence-corrected chi connectivity index (χ4v) is 6.41. The zero-order valence-electron chi connectivity index (χ0n) is 20.1. The van der Waals surface area contributed by atoms with Crippen LogP contribution in [0, 0.1) is 0 Å². The van der Waals surface area contributed by atoms with Crippen molar-refractivity contribution >= 4 is 44.8 Å². The predicted octanol–water partition coefficient (Wildman–Crippen LogP) is 6.39. The molecule has 1 N–H and O–H groups in total. The number of carbonyl (C=O) groups excluding carboxylic acids is 1. The van der Waals surface area contributed by atoms with Gasteiger partial charge in [0, 0.05) is 12.0 Å². The standard InChI is InChI=1S/C27H28Cl2N2O4S/c1-3-27(4-2)17-22(20-13-8-9-16-24(20)35-27)30-25(32)18-31(23-15-10-14-21(28)26(23)29)36(33,34)19-11-6-5-7-12-19/h5-16,22H,3-4,17-18H2,1-2H3,(H,30,32)/t22-/m1/s1. The molecule has 36 heavy (non-hydrogen) atoms. The topological polar surface area (TPSA) is 75.7 Å². The fourth-order valence-electron chi connectivity index (χ4n) is 4.50.